The number of nitrogens with two attached hydrogens (primary N) is 2. The molecule has 0 saturated carbocycles. The fraction of sp³-hybridized carbons (Fsp3) is 0.0476. The highest BCUT2D eigenvalue weighted by Gasteiger charge is 2.23. The molecule has 4 N–H and O–H groups in total. The Morgan fingerprint density at radius 2 is 1.45 bits per heavy atom. The van der Waals surface area contributed by atoms with Gasteiger partial charge in [-0.15, -0.1) is 11.3 Å². The van der Waals surface area contributed by atoms with Crippen LogP contribution in [-0.2, 0) is 6.42 Å². The number of nitrogen functional groups attached to an aromatic ring is 2. The molecule has 4 nitrogen and oxygen atoms in total. The van der Waals surface area contributed by atoms with Crippen LogP contribution >= 0.6 is 11.3 Å². The molecule has 5 heteroatoms. The topological polar surface area (TPSA) is 61.9 Å². The number of thiophene rings is 1. The summed E-state index contributed by atoms with van der Waals surface area (Å²) < 4.78 is 7.41. The summed E-state index contributed by atoms with van der Waals surface area (Å²) in [6, 6.07) is 43.5. The molecule has 0 saturated heterocycles. The van der Waals surface area contributed by atoms with Crippen molar-refractivity contribution in [3.8, 4) is 22.5 Å². The van der Waals surface area contributed by atoms with E-state index in [1.807, 2.05) is 23.5 Å². The molecule has 0 unspecified atom stereocenters. The first-order valence-electron chi connectivity index (χ1n) is 16.1. The van der Waals surface area contributed by atoms with E-state index in [-0.39, 0.29) is 0 Å². The molecule has 3 heterocycles. The Kier molecular flexibility index (Phi) is 5.55. The Hall–Kier alpha value is -5.78. The van der Waals surface area contributed by atoms with Gasteiger partial charge in [0.25, 0.3) is 0 Å². The zero-order valence-electron chi connectivity index (χ0n) is 25.6. The first-order chi connectivity index (χ1) is 23.2. The highest BCUT2D eigenvalue weighted by molar-refractivity contribution is 7.26. The van der Waals surface area contributed by atoms with Gasteiger partial charge < -0.3 is 20.6 Å². The van der Waals surface area contributed by atoms with Crippen molar-refractivity contribution < 1.29 is 0 Å². The Bertz CT molecular complexity index is 2760. The van der Waals surface area contributed by atoms with E-state index in [4.69, 9.17) is 11.5 Å². The normalized spacial score (nSPS) is 13.0. The van der Waals surface area contributed by atoms with Crippen molar-refractivity contribution in [2.45, 2.75) is 12.8 Å². The number of benzene rings is 6. The van der Waals surface area contributed by atoms with Crippen LogP contribution in [0.2, 0.25) is 0 Å². The van der Waals surface area contributed by atoms with E-state index in [0.717, 1.165) is 52.2 Å². The van der Waals surface area contributed by atoms with Crippen LogP contribution in [0.4, 0.5) is 11.4 Å². The van der Waals surface area contributed by atoms with E-state index < -0.39 is 0 Å². The molecule has 0 amide bonds. The van der Waals surface area contributed by atoms with Gasteiger partial charge in [0.1, 0.15) is 0 Å². The number of anilines is 2. The lowest BCUT2D eigenvalue weighted by molar-refractivity contribution is 0.969. The number of rotatable bonds is 3. The minimum Gasteiger partial charge on any atom is -0.399 e. The predicted octanol–water partition coefficient (Wildman–Crippen LogP) is 10.9. The number of nitrogens with zero attached hydrogens (tertiary/aromatic N) is 2. The molecule has 0 spiro atoms. The van der Waals surface area contributed by atoms with E-state index >= 15 is 0 Å². The lowest BCUT2D eigenvalue weighted by Crippen LogP contribution is -2.05. The van der Waals surface area contributed by atoms with Gasteiger partial charge in [-0.25, -0.2) is 0 Å². The lowest BCUT2D eigenvalue weighted by atomic mass is 9.99. The quantitative estimate of drug-likeness (QED) is 0.193. The molecule has 0 atom stereocenters. The molecule has 0 radical (unpaired) electrons. The van der Waals surface area contributed by atoms with E-state index in [1.165, 1.54) is 58.6 Å². The molecule has 0 aliphatic heterocycles. The molecule has 9 aromatic rings. The average molecular weight is 623 g/mol. The van der Waals surface area contributed by atoms with Crippen molar-refractivity contribution in [3.63, 3.8) is 0 Å². The van der Waals surface area contributed by atoms with Crippen molar-refractivity contribution in [3.05, 3.63) is 139 Å². The standard InChI is InChI=1S/C42H30N4S/c43-26-18-21-36-33(24-26)29-11-4-6-15-35(29)46(36)41-28(13-8-14-34(41)44)25-17-19-32-38(23-25)45(27-9-2-1-3-10-27)37-22-20-31-30-12-5-7-16-39(30)47-42(31)40(32)37/h1-3,5-10,12-24H,4,11,43-44H2. The zero-order chi connectivity index (χ0) is 31.2. The number of aryl methyl sites for hydroxylation is 1. The smallest absolute Gasteiger partial charge is 0.0770 e. The molecule has 10 rings (SSSR count). The van der Waals surface area contributed by atoms with Crippen LogP contribution in [0, 0.1) is 0 Å². The summed E-state index contributed by atoms with van der Waals surface area (Å²) >= 11 is 1.88. The van der Waals surface area contributed by atoms with E-state index in [9.17, 15) is 0 Å². The molecule has 1 aliphatic carbocycles. The van der Waals surface area contributed by atoms with E-state index in [0.29, 0.717) is 0 Å². The second kappa shape index (κ2) is 9.86. The van der Waals surface area contributed by atoms with Crippen molar-refractivity contribution in [2.24, 2.45) is 0 Å². The second-order valence-electron chi connectivity index (χ2n) is 12.5. The van der Waals surface area contributed by atoms with Gasteiger partial charge in [0.15, 0.2) is 0 Å². The highest BCUT2D eigenvalue weighted by atomic mass is 32.1. The van der Waals surface area contributed by atoms with Crippen molar-refractivity contribution in [2.75, 3.05) is 11.5 Å². The highest BCUT2D eigenvalue weighted by Crippen LogP contribution is 2.45. The van der Waals surface area contributed by atoms with Crippen molar-refractivity contribution >= 4 is 81.7 Å². The average Bonchev–Trinajstić information content (AvgIpc) is 3.75. The molecular weight excluding hydrogens is 593 g/mol. The molecule has 3 aromatic heterocycles. The van der Waals surface area contributed by atoms with Crippen LogP contribution in [0.15, 0.2) is 127 Å². The van der Waals surface area contributed by atoms with Crippen LogP contribution in [0.5, 0.6) is 0 Å². The molecule has 1 aliphatic rings. The third-order valence-corrected chi connectivity index (χ3v) is 11.1. The van der Waals surface area contributed by atoms with Gasteiger partial charge in [0.2, 0.25) is 0 Å². The summed E-state index contributed by atoms with van der Waals surface area (Å²) in [5, 5.41) is 6.37. The number of hydrogen-bond donors (Lipinski definition) is 2. The number of aromatic nitrogens is 2. The summed E-state index contributed by atoms with van der Waals surface area (Å²) in [6.45, 7) is 0. The van der Waals surface area contributed by atoms with Crippen LogP contribution in [-0.4, -0.2) is 9.13 Å². The van der Waals surface area contributed by atoms with E-state index in [2.05, 4.69) is 130 Å². The molecule has 0 fully saturated rings. The molecule has 224 valence electrons. The SMILES string of the molecule is Nc1ccc2c(c1)c1c(n2-c2c(N)cccc2-c2ccc3c4c5sc6ccccc6c5ccc4n(-c4ccccc4)c3c2)C=CCC1. The summed E-state index contributed by atoms with van der Waals surface area (Å²) in [5.74, 6) is 0. The Labute approximate surface area is 275 Å². The van der Waals surface area contributed by atoms with Gasteiger partial charge in [-0.2, -0.15) is 0 Å². The lowest BCUT2D eigenvalue weighted by Gasteiger charge is -2.19. The zero-order valence-corrected chi connectivity index (χ0v) is 26.4. The summed E-state index contributed by atoms with van der Waals surface area (Å²) in [6.07, 6.45) is 6.51. The van der Waals surface area contributed by atoms with Gasteiger partial charge in [-0.05, 0) is 84.6 Å². The maximum atomic E-state index is 6.92. The van der Waals surface area contributed by atoms with Crippen LogP contribution in [0.25, 0.3) is 81.5 Å². The third kappa shape index (κ3) is 3.75. The largest absolute Gasteiger partial charge is 0.399 e. The Balaban J connectivity index is 1.29. The minimum absolute atomic E-state index is 0.744. The number of fused-ring (bicyclic) bond motifs is 10. The van der Waals surface area contributed by atoms with E-state index in [1.54, 1.807) is 0 Å². The van der Waals surface area contributed by atoms with Crippen LogP contribution in [0.1, 0.15) is 17.7 Å². The summed E-state index contributed by atoms with van der Waals surface area (Å²) in [4.78, 5) is 0. The third-order valence-electron chi connectivity index (χ3n) is 9.86. The number of hydrogen-bond acceptors (Lipinski definition) is 3. The predicted molar refractivity (Wildman–Crippen MR) is 202 cm³/mol. The van der Waals surface area contributed by atoms with Gasteiger partial charge in [-0.1, -0.05) is 72.8 Å². The minimum atomic E-state index is 0.744. The van der Waals surface area contributed by atoms with Gasteiger partial charge in [0.05, 0.1) is 27.9 Å². The van der Waals surface area contributed by atoms with Gasteiger partial charge in [-0.3, -0.25) is 0 Å². The maximum Gasteiger partial charge on any atom is 0.0770 e. The van der Waals surface area contributed by atoms with Gasteiger partial charge >= 0.3 is 0 Å². The molecular formula is C42H30N4S. The second-order valence-corrected chi connectivity index (χ2v) is 13.5. The number of allylic oxidation sites excluding steroid dienone is 1. The van der Waals surface area contributed by atoms with Gasteiger partial charge in [0, 0.05) is 59.0 Å². The Morgan fingerprint density at radius 1 is 0.617 bits per heavy atom. The molecule has 47 heavy (non-hydrogen) atoms. The summed E-state index contributed by atoms with van der Waals surface area (Å²) in [7, 11) is 0. The molecule has 6 aromatic carbocycles. The number of para-hydroxylation sites is 2. The Morgan fingerprint density at radius 3 is 2.36 bits per heavy atom. The van der Waals surface area contributed by atoms with Crippen molar-refractivity contribution in [1.82, 2.24) is 9.13 Å². The summed E-state index contributed by atoms with van der Waals surface area (Å²) in [5.41, 5.74) is 25.1. The monoisotopic (exact) mass is 622 g/mol. The maximum absolute atomic E-state index is 6.92. The fourth-order valence-corrected chi connectivity index (χ4v) is 9.10. The first-order valence-corrected chi connectivity index (χ1v) is 16.9. The fourth-order valence-electron chi connectivity index (χ4n) is 7.84. The first kappa shape index (κ1) is 26.4. The van der Waals surface area contributed by atoms with Crippen molar-refractivity contribution in [1.29, 1.82) is 0 Å². The molecule has 0 bridgehead atoms. The van der Waals surface area contributed by atoms with Crippen LogP contribution < -0.4 is 11.5 Å². The van der Waals surface area contributed by atoms with Crippen LogP contribution in [0.3, 0.4) is 0 Å².